The van der Waals surface area contributed by atoms with Crippen molar-refractivity contribution in [1.29, 1.82) is 0 Å². The lowest BCUT2D eigenvalue weighted by Crippen LogP contribution is -2.27. The van der Waals surface area contributed by atoms with Crippen LogP contribution in [0.2, 0.25) is 15.1 Å². The van der Waals surface area contributed by atoms with Gasteiger partial charge >= 0.3 is 0 Å². The number of nitrogens with zero attached hydrogens (tertiary/aromatic N) is 4. The molecule has 1 aromatic heterocycles. The second-order valence-electron chi connectivity index (χ2n) is 6.20. The van der Waals surface area contributed by atoms with E-state index in [1.165, 1.54) is 11.8 Å². The Morgan fingerprint density at radius 1 is 1.11 bits per heavy atom. The molecule has 1 amide bonds. The zero-order valence-electron chi connectivity index (χ0n) is 15.2. The van der Waals surface area contributed by atoms with Gasteiger partial charge in [0.2, 0.25) is 5.91 Å². The van der Waals surface area contributed by atoms with Crippen molar-refractivity contribution in [3.63, 3.8) is 0 Å². The van der Waals surface area contributed by atoms with E-state index in [0.29, 0.717) is 26.8 Å². The minimum absolute atomic E-state index is 0.0347. The molecule has 1 heterocycles. The molecule has 0 N–H and O–H groups in total. The third-order valence-corrected chi connectivity index (χ3v) is 6.18. The van der Waals surface area contributed by atoms with E-state index in [1.54, 1.807) is 30.4 Å². The van der Waals surface area contributed by atoms with Crippen molar-refractivity contribution in [2.24, 2.45) is 0 Å². The van der Waals surface area contributed by atoms with Gasteiger partial charge in [-0.05, 0) is 42.3 Å². The number of carbonyl (C=O) groups excluding carboxylic acids is 1. The number of halogens is 3. The summed E-state index contributed by atoms with van der Waals surface area (Å²) >= 11 is 19.5. The summed E-state index contributed by atoms with van der Waals surface area (Å²) in [5, 5.41) is 10.3. The van der Waals surface area contributed by atoms with Crippen molar-refractivity contribution in [3.05, 3.63) is 68.9 Å². The van der Waals surface area contributed by atoms with Gasteiger partial charge < -0.3 is 4.90 Å². The number of aromatic nitrogens is 3. The van der Waals surface area contributed by atoms with Crippen molar-refractivity contribution in [2.45, 2.75) is 18.6 Å². The van der Waals surface area contributed by atoms with E-state index >= 15 is 0 Å². The molecule has 0 atom stereocenters. The van der Waals surface area contributed by atoms with Crippen LogP contribution < -0.4 is 0 Å². The molecule has 0 aliphatic carbocycles. The zero-order valence-corrected chi connectivity index (χ0v) is 18.3. The molecule has 0 aliphatic heterocycles. The lowest BCUT2D eigenvalue weighted by Gasteiger charge is -2.17. The normalized spacial score (nSPS) is 10.9. The summed E-state index contributed by atoms with van der Waals surface area (Å²) in [7, 11) is 1.75. The largest absolute Gasteiger partial charge is 0.341 e. The number of hydrogen-bond donors (Lipinski definition) is 0. The average Bonchev–Trinajstić information content (AvgIpc) is 3.13. The molecule has 0 saturated heterocycles. The van der Waals surface area contributed by atoms with Crippen molar-refractivity contribution < 1.29 is 4.79 Å². The molecule has 3 aromatic rings. The number of amides is 1. The van der Waals surface area contributed by atoms with Gasteiger partial charge in [-0.1, -0.05) is 58.7 Å². The maximum atomic E-state index is 12.5. The van der Waals surface area contributed by atoms with Crippen molar-refractivity contribution in [1.82, 2.24) is 19.7 Å². The first kappa shape index (κ1) is 21.0. The maximum absolute atomic E-state index is 12.5. The van der Waals surface area contributed by atoms with Gasteiger partial charge in [-0.15, -0.1) is 10.2 Å². The molecule has 0 radical (unpaired) electrons. The Bertz CT molecular complexity index is 1010. The van der Waals surface area contributed by atoms with E-state index < -0.39 is 0 Å². The van der Waals surface area contributed by atoms with Gasteiger partial charge in [0.15, 0.2) is 5.16 Å². The van der Waals surface area contributed by atoms with E-state index in [-0.39, 0.29) is 11.7 Å². The zero-order chi connectivity index (χ0) is 20.3. The number of rotatable bonds is 6. The summed E-state index contributed by atoms with van der Waals surface area (Å²) in [5.74, 6) is 0.198. The molecule has 0 saturated carbocycles. The molecule has 9 heteroatoms. The molecule has 0 unspecified atom stereocenters. The van der Waals surface area contributed by atoms with Crippen LogP contribution in [0, 0.1) is 6.92 Å². The minimum atomic E-state index is -0.0347. The van der Waals surface area contributed by atoms with Gasteiger partial charge in [0.25, 0.3) is 0 Å². The van der Waals surface area contributed by atoms with Gasteiger partial charge in [-0.25, -0.2) is 0 Å². The Hall–Kier alpha value is -1.73. The smallest absolute Gasteiger partial charge is 0.233 e. The van der Waals surface area contributed by atoms with Crippen LogP contribution in [-0.2, 0) is 11.3 Å². The fourth-order valence-corrected chi connectivity index (χ4v) is 3.83. The monoisotopic (exact) mass is 454 g/mol. The highest BCUT2D eigenvalue weighted by atomic mass is 35.5. The number of carbonyl (C=O) groups is 1. The number of aryl methyl sites for hydroxylation is 1. The van der Waals surface area contributed by atoms with Gasteiger partial charge in [0.1, 0.15) is 6.33 Å². The molecule has 5 nitrogen and oxygen atoms in total. The third kappa shape index (κ3) is 5.00. The van der Waals surface area contributed by atoms with Crippen molar-refractivity contribution in [2.75, 3.05) is 12.8 Å². The van der Waals surface area contributed by atoms with E-state index in [0.717, 1.165) is 16.8 Å². The second kappa shape index (κ2) is 9.18. The van der Waals surface area contributed by atoms with Gasteiger partial charge in [0, 0.05) is 18.6 Å². The van der Waals surface area contributed by atoms with Crippen LogP contribution in [0.4, 0.5) is 0 Å². The average molecular weight is 456 g/mol. The van der Waals surface area contributed by atoms with Gasteiger partial charge in [0.05, 0.1) is 21.5 Å². The van der Waals surface area contributed by atoms with E-state index in [2.05, 4.69) is 10.2 Å². The summed E-state index contributed by atoms with van der Waals surface area (Å²) in [4.78, 5) is 14.1. The van der Waals surface area contributed by atoms with Crippen molar-refractivity contribution in [3.8, 4) is 5.69 Å². The molecule has 0 bridgehead atoms. The summed E-state index contributed by atoms with van der Waals surface area (Å²) < 4.78 is 1.81. The van der Waals surface area contributed by atoms with Crippen LogP contribution in [0.5, 0.6) is 0 Å². The molecular weight excluding hydrogens is 439 g/mol. The quantitative estimate of drug-likeness (QED) is 0.474. The lowest BCUT2D eigenvalue weighted by molar-refractivity contribution is -0.127. The predicted molar refractivity (Wildman–Crippen MR) is 115 cm³/mol. The van der Waals surface area contributed by atoms with Crippen LogP contribution in [0.15, 0.2) is 47.9 Å². The van der Waals surface area contributed by atoms with Gasteiger partial charge in [-0.3, -0.25) is 9.36 Å². The lowest BCUT2D eigenvalue weighted by atomic mass is 10.2. The highest BCUT2D eigenvalue weighted by Gasteiger charge is 2.14. The SMILES string of the molecule is Cc1ccc(-n2cnnc2SCC(=O)N(C)Cc2ccc(Cl)c(Cl)c2)cc1Cl. The Kier molecular flexibility index (Phi) is 6.88. The Morgan fingerprint density at radius 3 is 2.61 bits per heavy atom. The molecule has 2 aromatic carbocycles. The van der Waals surface area contributed by atoms with Crippen LogP contribution in [0.1, 0.15) is 11.1 Å². The molecule has 28 heavy (non-hydrogen) atoms. The highest BCUT2D eigenvalue weighted by molar-refractivity contribution is 7.99. The van der Waals surface area contributed by atoms with Gasteiger partial charge in [-0.2, -0.15) is 0 Å². The topological polar surface area (TPSA) is 51.0 Å². The number of thioether (sulfide) groups is 1. The number of benzene rings is 2. The highest BCUT2D eigenvalue weighted by Crippen LogP contribution is 2.25. The summed E-state index contributed by atoms with van der Waals surface area (Å²) in [6.45, 7) is 2.38. The molecule has 0 aliphatic rings. The van der Waals surface area contributed by atoms with Crippen LogP contribution in [-0.4, -0.2) is 38.4 Å². The van der Waals surface area contributed by atoms with Crippen LogP contribution >= 0.6 is 46.6 Å². The number of hydrogen-bond acceptors (Lipinski definition) is 4. The van der Waals surface area contributed by atoms with E-state index in [1.807, 2.05) is 35.8 Å². The van der Waals surface area contributed by atoms with E-state index in [9.17, 15) is 4.79 Å². The fourth-order valence-electron chi connectivity index (χ4n) is 2.47. The summed E-state index contributed by atoms with van der Waals surface area (Å²) in [6, 6.07) is 11.1. The molecule has 146 valence electrons. The summed E-state index contributed by atoms with van der Waals surface area (Å²) in [5.41, 5.74) is 2.75. The minimum Gasteiger partial charge on any atom is -0.341 e. The third-order valence-electron chi connectivity index (χ3n) is 4.10. The first-order valence-corrected chi connectivity index (χ1v) is 10.4. The first-order chi connectivity index (χ1) is 13.3. The Labute approximate surface area is 182 Å². The maximum Gasteiger partial charge on any atom is 0.233 e. The molecule has 0 spiro atoms. The predicted octanol–water partition coefficient (Wildman–Crippen LogP) is 5.29. The second-order valence-corrected chi connectivity index (χ2v) is 8.37. The Balaban J connectivity index is 1.64. The molecule has 0 fully saturated rings. The van der Waals surface area contributed by atoms with E-state index in [4.69, 9.17) is 34.8 Å². The summed E-state index contributed by atoms with van der Waals surface area (Å²) in [6.07, 6.45) is 1.60. The first-order valence-electron chi connectivity index (χ1n) is 8.32. The van der Waals surface area contributed by atoms with Crippen LogP contribution in [0.25, 0.3) is 5.69 Å². The fraction of sp³-hybridized carbons (Fsp3) is 0.211. The standard InChI is InChI=1S/C19H17Cl3N4OS/c1-12-3-5-14(8-16(12)21)26-11-23-24-19(26)28-10-18(27)25(2)9-13-4-6-15(20)17(22)7-13/h3-8,11H,9-10H2,1-2H3. The molecule has 3 rings (SSSR count). The Morgan fingerprint density at radius 2 is 1.89 bits per heavy atom. The molecular formula is C19H17Cl3N4OS. The van der Waals surface area contributed by atoms with Crippen LogP contribution in [0.3, 0.4) is 0 Å². The van der Waals surface area contributed by atoms with Crippen molar-refractivity contribution >= 4 is 52.5 Å².